The molecule has 3 heterocycles. The first-order chi connectivity index (χ1) is 13.3. The molecule has 0 spiro atoms. The quantitative estimate of drug-likeness (QED) is 0.363. The van der Waals surface area contributed by atoms with Crippen LogP contribution in [0.15, 0.2) is 66.9 Å². The molecule has 0 N–H and O–H groups in total. The molecule has 140 valence electrons. The van der Waals surface area contributed by atoms with Crippen molar-refractivity contribution in [2.45, 2.75) is 26.2 Å². The second-order valence-electron chi connectivity index (χ2n) is 8.95. The molecule has 0 bridgehead atoms. The average molecular weight is 369 g/mol. The highest BCUT2D eigenvalue weighted by Crippen LogP contribution is 2.28. The van der Waals surface area contributed by atoms with Gasteiger partial charge in [0, 0.05) is 36.6 Å². The summed E-state index contributed by atoms with van der Waals surface area (Å²) in [7, 11) is 4.16. The van der Waals surface area contributed by atoms with Crippen LogP contribution < -0.4 is 9.30 Å². The van der Waals surface area contributed by atoms with Crippen LogP contribution in [0.2, 0.25) is 0 Å². The van der Waals surface area contributed by atoms with Gasteiger partial charge in [-0.15, -0.1) is 0 Å². The minimum absolute atomic E-state index is 0.150. The Morgan fingerprint density at radius 1 is 0.821 bits per heavy atom. The summed E-state index contributed by atoms with van der Waals surface area (Å²) in [6.07, 6.45) is 2.24. The van der Waals surface area contributed by atoms with Gasteiger partial charge < -0.3 is 4.90 Å². The van der Waals surface area contributed by atoms with E-state index in [1.54, 1.807) is 0 Å². The van der Waals surface area contributed by atoms with Crippen molar-refractivity contribution >= 4 is 38.7 Å². The molecule has 0 saturated carbocycles. The fraction of sp³-hybridized carbons (Fsp3) is 0.240. The Morgan fingerprint density at radius 2 is 1.61 bits per heavy atom. The Hall–Kier alpha value is -3.07. The molecule has 0 unspecified atom stereocenters. The van der Waals surface area contributed by atoms with E-state index in [1.807, 2.05) is 0 Å². The SMILES string of the molecule is CN(C)c1ccc2c(ccc3n4c(ccc5cc(C(C)(C)C)ccc54)c[n+]23)c1. The molecule has 28 heavy (non-hydrogen) atoms. The predicted octanol–water partition coefficient (Wildman–Crippen LogP) is 5.35. The molecule has 0 aliphatic rings. The minimum Gasteiger partial charge on any atom is -0.378 e. The molecule has 0 aliphatic heterocycles. The average Bonchev–Trinajstić information content (AvgIpc) is 3.05. The fourth-order valence-corrected chi connectivity index (χ4v) is 4.09. The van der Waals surface area contributed by atoms with Crippen molar-refractivity contribution in [2.75, 3.05) is 19.0 Å². The first kappa shape index (κ1) is 17.1. The van der Waals surface area contributed by atoms with Gasteiger partial charge in [-0.2, -0.15) is 8.80 Å². The highest BCUT2D eigenvalue weighted by molar-refractivity contribution is 5.87. The van der Waals surface area contributed by atoms with E-state index in [9.17, 15) is 0 Å². The van der Waals surface area contributed by atoms with Gasteiger partial charge in [0.05, 0.1) is 0 Å². The van der Waals surface area contributed by atoms with Crippen molar-refractivity contribution in [3.05, 3.63) is 72.4 Å². The largest absolute Gasteiger partial charge is 0.378 e. The van der Waals surface area contributed by atoms with Crippen LogP contribution in [0.1, 0.15) is 26.3 Å². The zero-order valence-electron chi connectivity index (χ0n) is 17.2. The summed E-state index contributed by atoms with van der Waals surface area (Å²) >= 11 is 0. The highest BCUT2D eigenvalue weighted by Gasteiger charge is 2.19. The Bertz CT molecular complexity index is 1370. The van der Waals surface area contributed by atoms with Crippen LogP contribution in [-0.2, 0) is 5.41 Å². The third kappa shape index (κ3) is 2.46. The number of nitrogens with zero attached hydrogens (tertiary/aromatic N) is 3. The van der Waals surface area contributed by atoms with Crippen LogP contribution in [0.3, 0.4) is 0 Å². The normalized spacial score (nSPS) is 12.5. The topological polar surface area (TPSA) is 11.8 Å². The van der Waals surface area contributed by atoms with Gasteiger partial charge in [0.2, 0.25) is 0 Å². The lowest BCUT2D eigenvalue weighted by Gasteiger charge is -2.19. The number of fused-ring (bicyclic) bond motifs is 7. The summed E-state index contributed by atoms with van der Waals surface area (Å²) < 4.78 is 4.67. The summed E-state index contributed by atoms with van der Waals surface area (Å²) in [5.74, 6) is 0. The smallest absolute Gasteiger partial charge is 0.292 e. The molecule has 0 saturated heterocycles. The first-order valence-electron chi connectivity index (χ1n) is 9.83. The molecule has 2 aromatic carbocycles. The molecule has 3 nitrogen and oxygen atoms in total. The third-order valence-electron chi connectivity index (χ3n) is 5.76. The van der Waals surface area contributed by atoms with E-state index in [1.165, 1.54) is 44.2 Å². The van der Waals surface area contributed by atoms with Gasteiger partial charge >= 0.3 is 0 Å². The summed E-state index contributed by atoms with van der Waals surface area (Å²) in [5, 5.41) is 2.53. The van der Waals surface area contributed by atoms with Crippen LogP contribution in [0.25, 0.3) is 33.0 Å². The van der Waals surface area contributed by atoms with Crippen molar-refractivity contribution in [3.8, 4) is 0 Å². The molecular formula is C25H26N3+. The van der Waals surface area contributed by atoms with Crippen molar-refractivity contribution < 1.29 is 4.40 Å². The van der Waals surface area contributed by atoms with Crippen molar-refractivity contribution in [1.82, 2.24) is 4.40 Å². The lowest BCUT2D eigenvalue weighted by Crippen LogP contribution is -2.20. The molecule has 0 aliphatic carbocycles. The van der Waals surface area contributed by atoms with Gasteiger partial charge in [-0.25, -0.2) is 0 Å². The molecule has 0 amide bonds. The highest BCUT2D eigenvalue weighted by atomic mass is 15.1. The van der Waals surface area contributed by atoms with E-state index < -0.39 is 0 Å². The van der Waals surface area contributed by atoms with Gasteiger partial charge in [-0.05, 0) is 59.5 Å². The van der Waals surface area contributed by atoms with Gasteiger partial charge in [-0.3, -0.25) is 0 Å². The molecule has 3 aromatic heterocycles. The Labute approximate surface area is 165 Å². The molecule has 3 heteroatoms. The summed E-state index contributed by atoms with van der Waals surface area (Å²) in [6.45, 7) is 6.80. The molecule has 0 fully saturated rings. The summed E-state index contributed by atoms with van der Waals surface area (Å²) in [5.41, 5.74) is 7.61. The number of rotatable bonds is 1. The van der Waals surface area contributed by atoms with E-state index >= 15 is 0 Å². The second kappa shape index (κ2) is 5.71. The van der Waals surface area contributed by atoms with Gasteiger partial charge in [0.15, 0.2) is 5.52 Å². The maximum Gasteiger partial charge on any atom is 0.292 e. The summed E-state index contributed by atoms with van der Waals surface area (Å²) in [4.78, 5) is 2.14. The maximum absolute atomic E-state index is 2.36. The van der Waals surface area contributed by atoms with Crippen LogP contribution >= 0.6 is 0 Å². The molecular weight excluding hydrogens is 342 g/mol. The standard InChI is InChI=1S/C25H26N3/c1-25(2,3)19-8-11-23-17(14-19)6-9-21-16-27-22-12-10-20(26(4)5)15-18(22)7-13-24(27)28(21)23/h6-16H,1-5H3/q+1. The lowest BCUT2D eigenvalue weighted by molar-refractivity contribution is -0.479. The molecule has 5 rings (SSSR count). The van der Waals surface area contributed by atoms with Crippen LogP contribution in [0, 0.1) is 0 Å². The molecule has 0 atom stereocenters. The number of benzene rings is 2. The zero-order valence-corrected chi connectivity index (χ0v) is 17.2. The van der Waals surface area contributed by atoms with Crippen LogP contribution in [0.5, 0.6) is 0 Å². The number of hydrogen-bond donors (Lipinski definition) is 0. The van der Waals surface area contributed by atoms with Crippen LogP contribution in [0.4, 0.5) is 5.69 Å². The van der Waals surface area contributed by atoms with Gasteiger partial charge in [0.1, 0.15) is 17.2 Å². The minimum atomic E-state index is 0.150. The number of hydrogen-bond acceptors (Lipinski definition) is 1. The first-order valence-corrected chi connectivity index (χ1v) is 9.83. The van der Waals surface area contributed by atoms with E-state index in [0.29, 0.717) is 0 Å². The van der Waals surface area contributed by atoms with Gasteiger partial charge in [-0.1, -0.05) is 26.8 Å². The third-order valence-corrected chi connectivity index (χ3v) is 5.76. The Kier molecular flexibility index (Phi) is 3.48. The number of imidazole rings is 1. The second-order valence-corrected chi connectivity index (χ2v) is 8.95. The van der Waals surface area contributed by atoms with Crippen LogP contribution in [-0.4, -0.2) is 18.5 Å². The van der Waals surface area contributed by atoms with E-state index in [4.69, 9.17) is 0 Å². The number of pyridine rings is 2. The molecule has 0 radical (unpaired) electrons. The van der Waals surface area contributed by atoms with Crippen molar-refractivity contribution in [2.24, 2.45) is 0 Å². The Morgan fingerprint density at radius 3 is 2.36 bits per heavy atom. The monoisotopic (exact) mass is 368 g/mol. The zero-order chi connectivity index (χ0) is 19.6. The number of aromatic nitrogens is 2. The van der Waals surface area contributed by atoms with Crippen molar-refractivity contribution in [1.29, 1.82) is 0 Å². The number of anilines is 1. The Balaban J connectivity index is 1.84. The van der Waals surface area contributed by atoms with E-state index in [-0.39, 0.29) is 5.41 Å². The fourth-order valence-electron chi connectivity index (χ4n) is 4.09. The molecule has 5 aromatic rings. The maximum atomic E-state index is 2.36. The van der Waals surface area contributed by atoms with E-state index in [0.717, 1.165) is 0 Å². The van der Waals surface area contributed by atoms with E-state index in [2.05, 4.69) is 115 Å². The lowest BCUT2D eigenvalue weighted by atomic mass is 9.86. The summed E-state index contributed by atoms with van der Waals surface area (Å²) in [6, 6.07) is 22.4. The van der Waals surface area contributed by atoms with Crippen molar-refractivity contribution in [3.63, 3.8) is 0 Å². The predicted molar refractivity (Wildman–Crippen MR) is 119 cm³/mol. The van der Waals surface area contributed by atoms with Gasteiger partial charge in [0.25, 0.3) is 5.65 Å².